The van der Waals surface area contributed by atoms with Gasteiger partial charge in [0, 0.05) is 34.6 Å². The van der Waals surface area contributed by atoms with Gasteiger partial charge in [-0.2, -0.15) is 12.6 Å². The van der Waals surface area contributed by atoms with Crippen LogP contribution in [-0.4, -0.2) is 15.7 Å². The van der Waals surface area contributed by atoms with Crippen molar-refractivity contribution < 1.29 is 8.83 Å². The average molecular weight is 356 g/mol. The van der Waals surface area contributed by atoms with Gasteiger partial charge in [-0.1, -0.05) is 6.07 Å². The van der Waals surface area contributed by atoms with Gasteiger partial charge in [-0.3, -0.25) is 4.98 Å². The van der Waals surface area contributed by atoms with Crippen molar-refractivity contribution in [2.24, 2.45) is 0 Å². The first kappa shape index (κ1) is 15.6. The number of hydrogen-bond donors (Lipinski definition) is 1. The lowest BCUT2D eigenvalue weighted by Gasteiger charge is -2.01. The van der Waals surface area contributed by atoms with E-state index < -0.39 is 0 Å². The summed E-state index contributed by atoms with van der Waals surface area (Å²) < 4.78 is 11.2. The molecule has 4 rings (SSSR count). The Morgan fingerprint density at radius 1 is 1.17 bits per heavy atom. The quantitative estimate of drug-likeness (QED) is 0.389. The molecule has 0 spiro atoms. The van der Waals surface area contributed by atoms with Crippen LogP contribution in [0.2, 0.25) is 0 Å². The van der Waals surface area contributed by atoms with Crippen molar-refractivity contribution in [2.75, 3.05) is 5.75 Å². The number of aromatic nitrogens is 2. The number of aryl methyl sites for hydroxylation is 1. The third-order valence-corrected chi connectivity index (χ3v) is 5.06. The molecule has 4 nitrogen and oxygen atoms in total. The average Bonchev–Trinajstić information content (AvgIpc) is 3.19. The zero-order valence-electron chi connectivity index (χ0n) is 13.1. The Labute approximate surface area is 149 Å². The van der Waals surface area contributed by atoms with E-state index in [1.807, 2.05) is 43.5 Å². The zero-order chi connectivity index (χ0) is 16.5. The summed E-state index contributed by atoms with van der Waals surface area (Å²) in [5.74, 6) is 1.63. The van der Waals surface area contributed by atoms with E-state index in [4.69, 9.17) is 8.83 Å². The number of furan rings is 1. The van der Waals surface area contributed by atoms with Crippen molar-refractivity contribution in [3.63, 3.8) is 0 Å². The minimum Gasteiger partial charge on any atom is -0.463 e. The fourth-order valence-corrected chi connectivity index (χ4v) is 3.51. The van der Waals surface area contributed by atoms with Gasteiger partial charge >= 0.3 is 0 Å². The topological polar surface area (TPSA) is 52.1 Å². The van der Waals surface area contributed by atoms with Crippen molar-refractivity contribution in [1.82, 2.24) is 9.97 Å². The maximum atomic E-state index is 5.82. The first-order valence-corrected chi connectivity index (χ1v) is 9.23. The maximum Gasteiger partial charge on any atom is 0.196 e. The van der Waals surface area contributed by atoms with Crippen molar-refractivity contribution >= 4 is 46.6 Å². The molecule has 0 aliphatic heterocycles. The second-order valence-electron chi connectivity index (χ2n) is 5.58. The summed E-state index contributed by atoms with van der Waals surface area (Å²) in [5.41, 5.74) is 4.57. The van der Waals surface area contributed by atoms with Gasteiger partial charge in [0.1, 0.15) is 11.0 Å². The first-order chi connectivity index (χ1) is 11.7. The Morgan fingerprint density at radius 3 is 2.96 bits per heavy atom. The van der Waals surface area contributed by atoms with Gasteiger partial charge < -0.3 is 8.83 Å². The zero-order valence-corrected chi connectivity index (χ0v) is 14.8. The van der Waals surface area contributed by atoms with Crippen LogP contribution in [0.1, 0.15) is 23.6 Å². The van der Waals surface area contributed by atoms with Gasteiger partial charge in [0.2, 0.25) is 0 Å². The number of oxazole rings is 1. The normalized spacial score (nSPS) is 12.9. The van der Waals surface area contributed by atoms with Gasteiger partial charge in [0.15, 0.2) is 17.1 Å². The molecule has 3 aromatic heterocycles. The molecule has 0 saturated heterocycles. The molecular formula is C18H16N2O2S2. The van der Waals surface area contributed by atoms with Crippen molar-refractivity contribution in [3.05, 3.63) is 54.2 Å². The number of thiol groups is 1. The van der Waals surface area contributed by atoms with Crippen molar-refractivity contribution in [1.29, 1.82) is 0 Å². The lowest BCUT2D eigenvalue weighted by molar-refractivity contribution is 0.539. The summed E-state index contributed by atoms with van der Waals surface area (Å²) in [6.45, 7) is 2.05. The summed E-state index contributed by atoms with van der Waals surface area (Å²) in [6, 6.07) is 9.92. The highest BCUT2D eigenvalue weighted by atomic mass is 32.2. The predicted molar refractivity (Wildman–Crippen MR) is 99.8 cm³/mol. The number of nitrogens with zero attached hydrogens (tertiary/aromatic N) is 2. The van der Waals surface area contributed by atoms with Crippen LogP contribution in [0.4, 0.5) is 0 Å². The minimum atomic E-state index is 0.189. The van der Waals surface area contributed by atoms with E-state index in [0.29, 0.717) is 0 Å². The lowest BCUT2D eigenvalue weighted by atomic mass is 10.1. The minimum absolute atomic E-state index is 0.189. The van der Waals surface area contributed by atoms with Gasteiger partial charge in [-0.15, -0.1) is 11.8 Å². The maximum absolute atomic E-state index is 5.82. The molecule has 3 heterocycles. The number of rotatable bonds is 5. The Bertz CT molecular complexity index is 991. The van der Waals surface area contributed by atoms with E-state index in [1.165, 1.54) is 0 Å². The van der Waals surface area contributed by atoms with Crippen LogP contribution in [0.5, 0.6) is 0 Å². The molecule has 0 N–H and O–H groups in total. The molecule has 0 amide bonds. The molecular weight excluding hydrogens is 340 g/mol. The smallest absolute Gasteiger partial charge is 0.196 e. The van der Waals surface area contributed by atoms with Crippen LogP contribution in [0.15, 0.2) is 56.5 Å². The Kier molecular flexibility index (Phi) is 4.24. The van der Waals surface area contributed by atoms with Crippen molar-refractivity contribution in [3.8, 4) is 0 Å². The van der Waals surface area contributed by atoms with Crippen LogP contribution in [0.25, 0.3) is 22.2 Å². The highest BCUT2D eigenvalue weighted by Crippen LogP contribution is 2.26. The second kappa shape index (κ2) is 6.53. The summed E-state index contributed by atoms with van der Waals surface area (Å²) in [4.78, 5) is 10.0. The van der Waals surface area contributed by atoms with Gasteiger partial charge in [0.05, 0.1) is 6.26 Å². The molecule has 1 aromatic carbocycles. The number of thioether (sulfide) groups is 1. The number of benzene rings is 1. The predicted octanol–water partition coefficient (Wildman–Crippen LogP) is 5.29. The number of hydrogen-bond acceptors (Lipinski definition) is 6. The number of pyridine rings is 1. The summed E-state index contributed by atoms with van der Waals surface area (Å²) in [6.07, 6.45) is 4.29. The monoisotopic (exact) mass is 356 g/mol. The fourth-order valence-electron chi connectivity index (χ4n) is 2.52. The molecule has 6 heteroatoms. The molecule has 0 aliphatic carbocycles. The Morgan fingerprint density at radius 2 is 2.08 bits per heavy atom. The third-order valence-electron chi connectivity index (χ3n) is 3.80. The Balaban J connectivity index is 1.44. The summed E-state index contributed by atoms with van der Waals surface area (Å²) >= 11 is 6.18. The second-order valence-corrected chi connectivity index (χ2v) is 7.53. The highest BCUT2D eigenvalue weighted by molar-refractivity contribution is 7.99. The van der Waals surface area contributed by atoms with E-state index in [9.17, 15) is 0 Å². The van der Waals surface area contributed by atoms with E-state index in [2.05, 4.69) is 22.6 Å². The largest absolute Gasteiger partial charge is 0.463 e. The third kappa shape index (κ3) is 3.16. The SMILES string of the molecule is CC(S)c1ccc2oc(CCSc3cnc4ccoc4c3)nc2c1. The van der Waals surface area contributed by atoms with E-state index in [1.54, 1.807) is 18.0 Å². The highest BCUT2D eigenvalue weighted by Gasteiger charge is 2.09. The number of fused-ring (bicyclic) bond motifs is 2. The summed E-state index contributed by atoms with van der Waals surface area (Å²) in [7, 11) is 0. The van der Waals surface area contributed by atoms with E-state index in [-0.39, 0.29) is 5.25 Å². The van der Waals surface area contributed by atoms with E-state index >= 15 is 0 Å². The van der Waals surface area contributed by atoms with Crippen LogP contribution < -0.4 is 0 Å². The van der Waals surface area contributed by atoms with Crippen LogP contribution in [-0.2, 0) is 6.42 Å². The van der Waals surface area contributed by atoms with Crippen molar-refractivity contribution in [2.45, 2.75) is 23.5 Å². The molecule has 0 bridgehead atoms. The Hall–Kier alpha value is -1.92. The van der Waals surface area contributed by atoms with E-state index in [0.717, 1.165) is 50.7 Å². The molecule has 1 atom stereocenters. The standard InChI is InChI=1S/C18H16N2O2S2/c1-11(23)12-2-3-16-15(8-12)20-18(22-16)5-7-24-13-9-17-14(19-10-13)4-6-21-17/h2-4,6,8-11,23H,5,7H2,1H3. The molecule has 0 saturated carbocycles. The molecule has 0 fully saturated rings. The molecule has 24 heavy (non-hydrogen) atoms. The fraction of sp³-hybridized carbons (Fsp3) is 0.222. The molecule has 4 aromatic rings. The summed E-state index contributed by atoms with van der Waals surface area (Å²) in [5, 5.41) is 0.189. The first-order valence-electron chi connectivity index (χ1n) is 7.72. The van der Waals surface area contributed by atoms with Gasteiger partial charge in [-0.05, 0) is 30.7 Å². The van der Waals surface area contributed by atoms with Gasteiger partial charge in [-0.25, -0.2) is 4.98 Å². The molecule has 0 radical (unpaired) electrons. The molecule has 122 valence electrons. The van der Waals surface area contributed by atoms with Gasteiger partial charge in [0.25, 0.3) is 0 Å². The van der Waals surface area contributed by atoms with Crippen LogP contribution in [0.3, 0.4) is 0 Å². The lowest BCUT2D eigenvalue weighted by Crippen LogP contribution is -1.89. The molecule has 0 aliphatic rings. The van der Waals surface area contributed by atoms with Crippen LogP contribution >= 0.6 is 24.4 Å². The van der Waals surface area contributed by atoms with Crippen LogP contribution in [0, 0.1) is 0 Å². The molecule has 1 unspecified atom stereocenters.